The van der Waals surface area contributed by atoms with E-state index >= 15 is 0 Å². The van der Waals surface area contributed by atoms with E-state index in [1.165, 1.54) is 44.9 Å². The highest BCUT2D eigenvalue weighted by Gasteiger charge is 2.62. The molecule has 4 nitrogen and oxygen atoms in total. The van der Waals surface area contributed by atoms with E-state index in [1.807, 2.05) is 0 Å². The van der Waals surface area contributed by atoms with Gasteiger partial charge in [0.1, 0.15) is 6.61 Å². The minimum atomic E-state index is -0.273. The van der Waals surface area contributed by atoms with Crippen molar-refractivity contribution in [1.82, 2.24) is 5.32 Å². The molecule has 3 aliphatic carbocycles. The van der Waals surface area contributed by atoms with Crippen molar-refractivity contribution in [2.45, 2.75) is 78.2 Å². The SMILES string of the molecule is CC1(C)CCC[C@@]2(C)[C@H]1CCC1(CC1)[C@@H]2C/C=C1\C(=O)OC[C@H]1NC=O.[HH]. The predicted octanol–water partition coefficient (Wildman–Crippen LogP) is 4.24. The Bertz CT molecular complexity index is 639. The lowest BCUT2D eigenvalue weighted by molar-refractivity contribution is -0.135. The van der Waals surface area contributed by atoms with Crippen LogP contribution in [0.4, 0.5) is 0 Å². The molecule has 4 rings (SSSR count). The molecule has 1 amide bonds. The largest absolute Gasteiger partial charge is 0.460 e. The molecule has 0 radical (unpaired) electrons. The van der Waals surface area contributed by atoms with E-state index in [4.69, 9.17) is 4.74 Å². The van der Waals surface area contributed by atoms with Crippen LogP contribution in [0, 0.1) is 28.1 Å². The maximum Gasteiger partial charge on any atom is 0.336 e. The van der Waals surface area contributed by atoms with Gasteiger partial charge in [-0.25, -0.2) is 4.79 Å². The second-order valence-corrected chi connectivity index (χ2v) is 10.2. The third-order valence-electron chi connectivity index (χ3n) is 8.47. The second kappa shape index (κ2) is 6.10. The Hall–Kier alpha value is -1.32. The minimum absolute atomic E-state index is 0. The van der Waals surface area contributed by atoms with Crippen LogP contribution in [0.1, 0.15) is 73.6 Å². The van der Waals surface area contributed by atoms with Gasteiger partial charge in [-0.1, -0.05) is 33.3 Å². The van der Waals surface area contributed by atoms with Crippen LogP contribution >= 0.6 is 0 Å². The third kappa shape index (κ3) is 2.71. The summed E-state index contributed by atoms with van der Waals surface area (Å²) >= 11 is 0. The van der Waals surface area contributed by atoms with Gasteiger partial charge in [0.15, 0.2) is 0 Å². The Kier molecular flexibility index (Phi) is 4.24. The number of carbonyl (C=O) groups is 2. The fourth-order valence-corrected chi connectivity index (χ4v) is 7.05. The topological polar surface area (TPSA) is 55.4 Å². The fraction of sp³-hybridized carbons (Fsp3) is 0.818. The highest BCUT2D eigenvalue weighted by atomic mass is 16.5. The molecule has 1 heterocycles. The highest BCUT2D eigenvalue weighted by molar-refractivity contribution is 5.92. The summed E-state index contributed by atoms with van der Waals surface area (Å²) in [6.07, 6.45) is 13.1. The van der Waals surface area contributed by atoms with Crippen LogP contribution in [-0.4, -0.2) is 25.0 Å². The van der Waals surface area contributed by atoms with Gasteiger partial charge in [-0.3, -0.25) is 4.79 Å². The van der Waals surface area contributed by atoms with E-state index in [0.717, 1.165) is 12.3 Å². The van der Waals surface area contributed by atoms with Gasteiger partial charge in [0, 0.05) is 1.43 Å². The van der Waals surface area contributed by atoms with E-state index in [-0.39, 0.29) is 20.0 Å². The van der Waals surface area contributed by atoms with Crippen LogP contribution in [0.15, 0.2) is 11.6 Å². The number of esters is 1. The van der Waals surface area contributed by atoms with Crippen LogP contribution in [-0.2, 0) is 14.3 Å². The van der Waals surface area contributed by atoms with Crippen LogP contribution in [0.25, 0.3) is 0 Å². The molecule has 0 aromatic heterocycles. The Labute approximate surface area is 158 Å². The molecule has 4 fully saturated rings. The van der Waals surface area contributed by atoms with Crippen molar-refractivity contribution in [3.63, 3.8) is 0 Å². The molecule has 1 N–H and O–H groups in total. The first kappa shape index (κ1) is 18.1. The van der Waals surface area contributed by atoms with Gasteiger partial charge in [-0.15, -0.1) is 0 Å². The van der Waals surface area contributed by atoms with Crippen LogP contribution in [0.5, 0.6) is 0 Å². The Balaban J connectivity index is 0.00000210. The van der Waals surface area contributed by atoms with Crippen molar-refractivity contribution >= 4 is 12.4 Å². The van der Waals surface area contributed by atoms with E-state index in [1.54, 1.807) is 0 Å². The van der Waals surface area contributed by atoms with Crippen LogP contribution in [0.3, 0.4) is 0 Å². The number of nitrogens with one attached hydrogen (secondary N) is 1. The van der Waals surface area contributed by atoms with Crippen molar-refractivity contribution in [2.24, 2.45) is 28.1 Å². The lowest BCUT2D eigenvalue weighted by Crippen LogP contribution is -2.52. The second-order valence-electron chi connectivity index (χ2n) is 10.2. The van der Waals surface area contributed by atoms with E-state index < -0.39 is 0 Å². The summed E-state index contributed by atoms with van der Waals surface area (Å²) in [5.41, 5.74) is 1.95. The number of hydrogen-bond donors (Lipinski definition) is 1. The molecule has 146 valence electrons. The number of fused-ring (bicyclic) bond motifs is 1. The Morgan fingerprint density at radius 1 is 1.19 bits per heavy atom. The third-order valence-corrected chi connectivity index (χ3v) is 8.47. The van der Waals surface area contributed by atoms with E-state index in [9.17, 15) is 9.59 Å². The number of rotatable bonds is 4. The van der Waals surface area contributed by atoms with Gasteiger partial charge in [0.2, 0.25) is 6.41 Å². The molecule has 3 saturated carbocycles. The lowest BCUT2D eigenvalue weighted by Gasteiger charge is -2.60. The van der Waals surface area contributed by atoms with Crippen molar-refractivity contribution in [3.8, 4) is 0 Å². The number of ether oxygens (including phenoxy) is 1. The standard InChI is InChI=1S/C22H33NO3.H2/c1-20(2)8-4-9-21(3)17(20)7-10-22(11-12-22)18(21)6-5-15-16(23-14-24)13-26-19(15)25;/h5,14,16-18H,4,6-13H2,1-3H3,(H,23,24);1H/b15-5-;/t16-,17+,18-,21+;/m1./s1. The first-order valence-electron chi connectivity index (χ1n) is 10.4. The molecule has 0 unspecified atom stereocenters. The van der Waals surface area contributed by atoms with Crippen molar-refractivity contribution in [1.29, 1.82) is 0 Å². The summed E-state index contributed by atoms with van der Waals surface area (Å²) in [5, 5.41) is 2.73. The highest BCUT2D eigenvalue weighted by Crippen LogP contribution is 2.72. The fourth-order valence-electron chi connectivity index (χ4n) is 7.05. The lowest BCUT2D eigenvalue weighted by atomic mass is 9.45. The molecule has 4 heteroatoms. The quantitative estimate of drug-likeness (QED) is 0.463. The molecule has 4 atom stereocenters. The maximum atomic E-state index is 12.1. The van der Waals surface area contributed by atoms with Crippen molar-refractivity contribution < 1.29 is 15.8 Å². The van der Waals surface area contributed by atoms with Crippen molar-refractivity contribution in [3.05, 3.63) is 11.6 Å². The van der Waals surface area contributed by atoms with Crippen LogP contribution in [0.2, 0.25) is 0 Å². The molecule has 0 bridgehead atoms. The minimum Gasteiger partial charge on any atom is -0.460 e. The molecule has 0 aromatic rings. The summed E-state index contributed by atoms with van der Waals surface area (Å²) in [5.74, 6) is 1.17. The van der Waals surface area contributed by atoms with Gasteiger partial charge in [0.05, 0.1) is 11.6 Å². The number of cyclic esters (lactones) is 1. The van der Waals surface area contributed by atoms with Crippen molar-refractivity contribution in [2.75, 3.05) is 6.61 Å². The number of hydrogen-bond acceptors (Lipinski definition) is 3. The molecule has 4 aliphatic rings. The molecule has 1 aliphatic heterocycles. The normalized spacial score (nSPS) is 41.6. The molecular formula is C22H35NO3. The van der Waals surface area contributed by atoms with Gasteiger partial charge >= 0.3 is 5.97 Å². The summed E-state index contributed by atoms with van der Waals surface area (Å²) in [4.78, 5) is 23.0. The Morgan fingerprint density at radius 3 is 2.65 bits per heavy atom. The zero-order valence-corrected chi connectivity index (χ0v) is 16.5. The summed E-state index contributed by atoms with van der Waals surface area (Å²) in [6.45, 7) is 7.74. The summed E-state index contributed by atoms with van der Waals surface area (Å²) < 4.78 is 5.17. The van der Waals surface area contributed by atoms with E-state index in [2.05, 4.69) is 32.2 Å². The average Bonchev–Trinajstić information content (AvgIpc) is 3.25. The van der Waals surface area contributed by atoms with Gasteiger partial charge in [-0.05, 0) is 73.0 Å². The summed E-state index contributed by atoms with van der Waals surface area (Å²) in [6, 6.07) is -0.273. The maximum absolute atomic E-state index is 12.1. The smallest absolute Gasteiger partial charge is 0.336 e. The molecule has 1 saturated heterocycles. The summed E-state index contributed by atoms with van der Waals surface area (Å²) in [7, 11) is 0. The predicted molar refractivity (Wildman–Crippen MR) is 102 cm³/mol. The first-order chi connectivity index (χ1) is 12.3. The number of amides is 1. The first-order valence-corrected chi connectivity index (χ1v) is 10.4. The van der Waals surface area contributed by atoms with Gasteiger partial charge in [0.25, 0.3) is 0 Å². The number of carbonyl (C=O) groups excluding carboxylic acids is 2. The molecule has 0 aromatic carbocycles. The number of allylic oxidation sites excluding steroid dienone is 1. The monoisotopic (exact) mass is 361 g/mol. The molecule has 26 heavy (non-hydrogen) atoms. The van der Waals surface area contributed by atoms with E-state index in [0.29, 0.717) is 34.1 Å². The molecule has 1 spiro atoms. The van der Waals surface area contributed by atoms with Gasteiger partial charge < -0.3 is 10.1 Å². The van der Waals surface area contributed by atoms with Gasteiger partial charge in [-0.2, -0.15) is 0 Å². The van der Waals surface area contributed by atoms with Crippen LogP contribution < -0.4 is 5.32 Å². The average molecular weight is 362 g/mol. The Morgan fingerprint density at radius 2 is 1.96 bits per heavy atom. The zero-order chi connectivity index (χ0) is 18.6. The zero-order valence-electron chi connectivity index (χ0n) is 16.5. The molecular weight excluding hydrogens is 326 g/mol.